The van der Waals surface area contributed by atoms with Gasteiger partial charge in [-0.3, -0.25) is 4.79 Å². The molecule has 1 unspecified atom stereocenters. The molecule has 0 saturated heterocycles. The van der Waals surface area contributed by atoms with Gasteiger partial charge in [0.2, 0.25) is 15.7 Å². The number of rotatable bonds is 8. The number of hydrogen-bond donors (Lipinski definition) is 1. The highest BCUT2D eigenvalue weighted by molar-refractivity contribution is 7.96. The SMILES string of the molecule is C=CC(=O)NC(C(C)C)S(=O)(=O)OC(C)(C)S(=O)(=O)C=C. The fourth-order valence-electron chi connectivity index (χ4n) is 1.35. The molecule has 0 radical (unpaired) electrons. The molecule has 0 fully saturated rings. The number of hydrogen-bond acceptors (Lipinski definition) is 6. The van der Waals surface area contributed by atoms with Crippen LogP contribution >= 0.6 is 0 Å². The van der Waals surface area contributed by atoms with Crippen LogP contribution in [0.5, 0.6) is 0 Å². The van der Waals surface area contributed by atoms with E-state index in [2.05, 4.69) is 18.5 Å². The van der Waals surface area contributed by atoms with Crippen LogP contribution in [0.2, 0.25) is 0 Å². The number of carbonyl (C=O) groups is 1. The quantitative estimate of drug-likeness (QED) is 0.520. The molecule has 0 aliphatic rings. The van der Waals surface area contributed by atoms with Crippen molar-refractivity contribution in [2.24, 2.45) is 5.92 Å². The average molecular weight is 339 g/mol. The van der Waals surface area contributed by atoms with E-state index in [0.29, 0.717) is 5.41 Å². The second kappa shape index (κ2) is 6.71. The minimum absolute atomic E-state index is 0.541. The van der Waals surface area contributed by atoms with Crippen LogP contribution in [0.15, 0.2) is 24.6 Å². The summed E-state index contributed by atoms with van der Waals surface area (Å²) in [7, 11) is -8.38. The number of carbonyl (C=O) groups excluding carboxylic acids is 1. The Bertz CT molecular complexity index is 616. The zero-order valence-electron chi connectivity index (χ0n) is 12.5. The molecule has 0 aliphatic carbocycles. The molecule has 1 atom stereocenters. The van der Waals surface area contributed by atoms with Crippen molar-refractivity contribution in [1.29, 1.82) is 0 Å². The first kappa shape index (κ1) is 19.8. The largest absolute Gasteiger partial charge is 0.334 e. The standard InChI is InChI=1S/C12H21NO6S2/c1-7-10(14)13-11(9(3)4)21(17,18)19-12(5,6)20(15,16)8-2/h7-9,11H,1-2H2,3-6H3,(H,13,14). The van der Waals surface area contributed by atoms with Gasteiger partial charge in [0.25, 0.3) is 10.1 Å². The van der Waals surface area contributed by atoms with E-state index in [1.165, 1.54) is 0 Å². The highest BCUT2D eigenvalue weighted by atomic mass is 32.2. The third-order valence-corrected chi connectivity index (χ3v) is 6.54. The highest BCUT2D eigenvalue weighted by Gasteiger charge is 2.42. The van der Waals surface area contributed by atoms with Crippen molar-refractivity contribution in [1.82, 2.24) is 5.32 Å². The maximum absolute atomic E-state index is 12.2. The molecule has 0 rings (SSSR count). The molecule has 0 heterocycles. The van der Waals surface area contributed by atoms with E-state index in [1.54, 1.807) is 13.8 Å². The van der Waals surface area contributed by atoms with E-state index in [1.807, 2.05) is 0 Å². The van der Waals surface area contributed by atoms with Crippen molar-refractivity contribution in [2.45, 2.75) is 38.0 Å². The van der Waals surface area contributed by atoms with Crippen molar-refractivity contribution in [3.63, 3.8) is 0 Å². The minimum Gasteiger partial charge on any atom is -0.334 e. The van der Waals surface area contributed by atoms with Crippen LogP contribution in [0, 0.1) is 5.92 Å². The molecule has 9 heteroatoms. The van der Waals surface area contributed by atoms with E-state index in [-0.39, 0.29) is 0 Å². The van der Waals surface area contributed by atoms with Crippen molar-refractivity contribution in [3.8, 4) is 0 Å². The smallest absolute Gasteiger partial charge is 0.290 e. The monoisotopic (exact) mass is 339 g/mol. The summed E-state index contributed by atoms with van der Waals surface area (Å²) in [5.74, 6) is -1.24. The number of nitrogens with one attached hydrogen (secondary N) is 1. The van der Waals surface area contributed by atoms with Crippen LogP contribution < -0.4 is 5.32 Å². The zero-order chi connectivity index (χ0) is 17.1. The summed E-state index contributed by atoms with van der Waals surface area (Å²) in [5.41, 5.74) is 0. The third kappa shape index (κ3) is 4.94. The predicted octanol–water partition coefficient (Wildman–Crippen LogP) is 0.912. The van der Waals surface area contributed by atoms with Crippen molar-refractivity contribution in [2.75, 3.05) is 0 Å². The summed E-state index contributed by atoms with van der Waals surface area (Å²) in [6, 6.07) is 0. The Labute approximate surface area is 126 Å². The van der Waals surface area contributed by atoms with E-state index in [9.17, 15) is 21.6 Å². The van der Waals surface area contributed by atoms with Gasteiger partial charge < -0.3 is 5.32 Å². The van der Waals surface area contributed by atoms with Crippen LogP contribution in [-0.4, -0.2) is 33.0 Å². The maximum atomic E-state index is 12.2. The lowest BCUT2D eigenvalue weighted by Gasteiger charge is -2.28. The van der Waals surface area contributed by atoms with E-state index in [4.69, 9.17) is 4.18 Å². The predicted molar refractivity (Wildman–Crippen MR) is 80.2 cm³/mol. The average Bonchev–Trinajstić information content (AvgIpc) is 2.33. The topological polar surface area (TPSA) is 107 Å². The first-order valence-electron chi connectivity index (χ1n) is 6.05. The summed E-state index contributed by atoms with van der Waals surface area (Å²) in [5, 5.41) is 1.43. The van der Waals surface area contributed by atoms with Crippen LogP contribution in [0.4, 0.5) is 0 Å². The van der Waals surface area contributed by atoms with Gasteiger partial charge in [0, 0.05) is 5.41 Å². The fraction of sp³-hybridized carbons (Fsp3) is 0.583. The second-order valence-electron chi connectivity index (χ2n) is 5.06. The molecule has 7 nitrogen and oxygen atoms in total. The van der Waals surface area contributed by atoms with Gasteiger partial charge in [-0.05, 0) is 25.8 Å². The molecule has 0 saturated carbocycles. The molecule has 21 heavy (non-hydrogen) atoms. The van der Waals surface area contributed by atoms with Gasteiger partial charge >= 0.3 is 0 Å². The lowest BCUT2D eigenvalue weighted by molar-refractivity contribution is -0.117. The summed E-state index contributed by atoms with van der Waals surface area (Å²) in [6.45, 7) is 11.6. The molecule has 0 spiro atoms. The van der Waals surface area contributed by atoms with Crippen LogP contribution in [-0.2, 0) is 28.9 Å². The number of sulfone groups is 1. The Morgan fingerprint density at radius 1 is 1.19 bits per heavy atom. The molecule has 1 amide bonds. The van der Waals surface area contributed by atoms with Crippen LogP contribution in [0.25, 0.3) is 0 Å². The molecule has 0 aromatic heterocycles. The summed E-state index contributed by atoms with van der Waals surface area (Å²) in [6.07, 6.45) is 0.913. The van der Waals surface area contributed by atoms with Crippen LogP contribution in [0.1, 0.15) is 27.7 Å². The summed E-state index contributed by atoms with van der Waals surface area (Å²) in [4.78, 5) is 9.28. The van der Waals surface area contributed by atoms with Gasteiger partial charge in [-0.15, -0.1) is 0 Å². The van der Waals surface area contributed by atoms with E-state index in [0.717, 1.165) is 19.9 Å². The molecular weight excluding hydrogens is 318 g/mol. The Hall–Kier alpha value is -1.19. The Morgan fingerprint density at radius 2 is 1.67 bits per heavy atom. The second-order valence-corrected chi connectivity index (χ2v) is 9.13. The van der Waals surface area contributed by atoms with E-state index < -0.39 is 42.1 Å². The minimum atomic E-state index is -4.38. The molecule has 1 N–H and O–H groups in total. The van der Waals surface area contributed by atoms with Gasteiger partial charge in [-0.25, -0.2) is 12.6 Å². The Morgan fingerprint density at radius 3 is 2.00 bits per heavy atom. The highest BCUT2D eigenvalue weighted by Crippen LogP contribution is 2.25. The molecule has 0 aliphatic heterocycles. The van der Waals surface area contributed by atoms with Crippen LogP contribution in [0.3, 0.4) is 0 Å². The first-order chi connectivity index (χ1) is 9.30. The van der Waals surface area contributed by atoms with Gasteiger partial charge in [-0.1, -0.05) is 27.0 Å². The maximum Gasteiger partial charge on any atom is 0.290 e. The summed E-state index contributed by atoms with van der Waals surface area (Å²) >= 11 is 0. The Kier molecular flexibility index (Phi) is 6.33. The van der Waals surface area contributed by atoms with Gasteiger partial charge in [-0.2, -0.15) is 8.42 Å². The first-order valence-corrected chi connectivity index (χ1v) is 9.07. The molecule has 0 aromatic rings. The molecule has 0 bridgehead atoms. The Balaban J connectivity index is 5.59. The van der Waals surface area contributed by atoms with Crippen molar-refractivity contribution >= 4 is 25.9 Å². The number of amides is 1. The van der Waals surface area contributed by atoms with Gasteiger partial charge in [0.05, 0.1) is 0 Å². The third-order valence-electron chi connectivity index (χ3n) is 2.61. The lowest BCUT2D eigenvalue weighted by Crippen LogP contribution is -2.48. The van der Waals surface area contributed by atoms with Crippen molar-refractivity contribution < 1.29 is 25.8 Å². The summed E-state index contributed by atoms with van der Waals surface area (Å²) < 4.78 is 52.8. The molecule has 122 valence electrons. The van der Waals surface area contributed by atoms with Crippen molar-refractivity contribution in [3.05, 3.63) is 24.6 Å². The normalized spacial score (nSPS) is 14.5. The van der Waals surface area contributed by atoms with Gasteiger partial charge in [0.15, 0.2) is 10.3 Å². The van der Waals surface area contributed by atoms with Gasteiger partial charge in [0.1, 0.15) is 0 Å². The zero-order valence-corrected chi connectivity index (χ0v) is 14.1. The van der Waals surface area contributed by atoms with E-state index >= 15 is 0 Å². The molecule has 0 aromatic carbocycles. The fourth-order valence-corrected chi connectivity index (χ4v) is 4.01. The lowest BCUT2D eigenvalue weighted by atomic mass is 10.2. The molecular formula is C12H21NO6S2.